The SMILES string of the molecule is Cn1cccc1Cn1nc(-c2ccccc2)c2c(Cl)c(-c3ccccc3)nnc21. The van der Waals surface area contributed by atoms with E-state index in [4.69, 9.17) is 16.7 Å². The van der Waals surface area contributed by atoms with E-state index in [1.807, 2.05) is 84.7 Å². The highest BCUT2D eigenvalue weighted by atomic mass is 35.5. The van der Waals surface area contributed by atoms with Gasteiger partial charge < -0.3 is 4.57 Å². The van der Waals surface area contributed by atoms with E-state index in [0.29, 0.717) is 22.9 Å². The van der Waals surface area contributed by atoms with Crippen LogP contribution in [-0.4, -0.2) is 24.5 Å². The summed E-state index contributed by atoms with van der Waals surface area (Å²) in [5.41, 5.74) is 5.20. The number of aromatic nitrogens is 5. The Morgan fingerprint density at radius 1 is 0.793 bits per heavy atom. The van der Waals surface area contributed by atoms with Crippen LogP contribution < -0.4 is 0 Å². The van der Waals surface area contributed by atoms with E-state index in [9.17, 15) is 0 Å². The Hall–Kier alpha value is -3.44. The van der Waals surface area contributed by atoms with Crippen LogP contribution in [0.2, 0.25) is 5.02 Å². The van der Waals surface area contributed by atoms with Crippen molar-refractivity contribution in [3.8, 4) is 22.5 Å². The number of nitrogens with zero attached hydrogens (tertiary/aromatic N) is 5. The molecule has 0 aliphatic carbocycles. The topological polar surface area (TPSA) is 48.5 Å². The molecule has 0 aliphatic heterocycles. The summed E-state index contributed by atoms with van der Waals surface area (Å²) in [4.78, 5) is 0. The fourth-order valence-corrected chi connectivity index (χ4v) is 3.84. The number of hydrogen-bond acceptors (Lipinski definition) is 3. The third-order valence-electron chi connectivity index (χ3n) is 5.06. The Kier molecular flexibility index (Phi) is 4.37. The lowest BCUT2D eigenvalue weighted by molar-refractivity contribution is 0.661. The van der Waals surface area contributed by atoms with Crippen molar-refractivity contribution in [1.82, 2.24) is 24.5 Å². The maximum absolute atomic E-state index is 6.90. The zero-order chi connectivity index (χ0) is 19.8. The average molecular weight is 400 g/mol. The van der Waals surface area contributed by atoms with E-state index in [1.54, 1.807) is 0 Å². The molecule has 5 rings (SSSR count). The summed E-state index contributed by atoms with van der Waals surface area (Å²) in [5, 5.41) is 15.3. The minimum absolute atomic E-state index is 0.568. The summed E-state index contributed by atoms with van der Waals surface area (Å²) in [6, 6.07) is 24.0. The molecule has 142 valence electrons. The zero-order valence-corrected chi connectivity index (χ0v) is 16.6. The van der Waals surface area contributed by atoms with Crippen LogP contribution in [0.25, 0.3) is 33.5 Å². The predicted octanol–water partition coefficient (Wildman–Crippen LogP) is 5.20. The lowest BCUT2D eigenvalue weighted by Crippen LogP contribution is -2.07. The molecule has 0 aliphatic rings. The van der Waals surface area contributed by atoms with Gasteiger partial charge in [0.15, 0.2) is 5.65 Å². The highest BCUT2D eigenvalue weighted by Crippen LogP contribution is 2.37. The second kappa shape index (κ2) is 7.18. The first-order chi connectivity index (χ1) is 14.2. The van der Waals surface area contributed by atoms with E-state index >= 15 is 0 Å². The maximum Gasteiger partial charge on any atom is 0.182 e. The molecule has 0 bridgehead atoms. The molecule has 5 nitrogen and oxygen atoms in total. The summed E-state index contributed by atoms with van der Waals surface area (Å²) in [6.07, 6.45) is 2.02. The number of benzene rings is 2. The molecule has 0 saturated carbocycles. The predicted molar refractivity (Wildman–Crippen MR) is 116 cm³/mol. The Labute approximate surface area is 173 Å². The van der Waals surface area contributed by atoms with E-state index in [2.05, 4.69) is 20.8 Å². The number of halogens is 1. The fraction of sp³-hybridized carbons (Fsp3) is 0.0870. The first kappa shape index (κ1) is 17.6. The molecule has 2 aromatic carbocycles. The molecule has 0 N–H and O–H groups in total. The summed E-state index contributed by atoms with van der Waals surface area (Å²) in [6.45, 7) is 0.586. The summed E-state index contributed by atoms with van der Waals surface area (Å²) < 4.78 is 3.95. The third-order valence-corrected chi connectivity index (χ3v) is 5.42. The standard InChI is InChI=1S/C23H18ClN5/c1-28-14-8-13-18(28)15-29-23-19(21(27-29)16-9-4-2-5-10-16)20(24)22(25-26-23)17-11-6-3-7-12-17/h2-14H,15H2,1H3. The lowest BCUT2D eigenvalue weighted by Gasteiger charge is -2.06. The van der Waals surface area contributed by atoms with Gasteiger partial charge in [0, 0.05) is 30.1 Å². The second-order valence-corrected chi connectivity index (χ2v) is 7.29. The van der Waals surface area contributed by atoms with Gasteiger partial charge in [-0.15, -0.1) is 10.2 Å². The fourth-order valence-electron chi connectivity index (χ4n) is 3.52. The van der Waals surface area contributed by atoms with Crippen LogP contribution in [0, 0.1) is 0 Å². The molecule has 0 unspecified atom stereocenters. The van der Waals surface area contributed by atoms with Crippen molar-refractivity contribution in [2.75, 3.05) is 0 Å². The van der Waals surface area contributed by atoms with E-state index in [1.165, 1.54) is 0 Å². The summed E-state index contributed by atoms with van der Waals surface area (Å²) in [7, 11) is 2.02. The second-order valence-electron chi connectivity index (χ2n) is 6.91. The molecule has 5 aromatic rings. The molecule has 6 heteroatoms. The van der Waals surface area contributed by atoms with Crippen molar-refractivity contribution >= 4 is 22.6 Å². The minimum Gasteiger partial charge on any atom is -0.353 e. The molecule has 0 spiro atoms. The van der Waals surface area contributed by atoms with Gasteiger partial charge in [0.05, 0.1) is 17.0 Å². The molecule has 0 amide bonds. The van der Waals surface area contributed by atoms with Crippen molar-refractivity contribution in [3.63, 3.8) is 0 Å². The molecule has 29 heavy (non-hydrogen) atoms. The molecular weight excluding hydrogens is 382 g/mol. The van der Waals surface area contributed by atoms with Crippen molar-refractivity contribution < 1.29 is 0 Å². The highest BCUT2D eigenvalue weighted by Gasteiger charge is 2.21. The van der Waals surface area contributed by atoms with Crippen molar-refractivity contribution in [2.45, 2.75) is 6.54 Å². The van der Waals surface area contributed by atoms with Crippen LogP contribution >= 0.6 is 11.6 Å². The molecule has 3 aromatic heterocycles. The van der Waals surface area contributed by atoms with Gasteiger partial charge in [0.2, 0.25) is 0 Å². The number of aryl methyl sites for hydroxylation is 1. The maximum atomic E-state index is 6.90. The first-order valence-electron chi connectivity index (χ1n) is 9.36. The Balaban J connectivity index is 1.76. The largest absolute Gasteiger partial charge is 0.353 e. The van der Waals surface area contributed by atoms with Crippen LogP contribution in [0.15, 0.2) is 79.0 Å². The van der Waals surface area contributed by atoms with E-state index in [-0.39, 0.29) is 0 Å². The van der Waals surface area contributed by atoms with Gasteiger partial charge in [0.25, 0.3) is 0 Å². The monoisotopic (exact) mass is 399 g/mol. The van der Waals surface area contributed by atoms with Crippen LogP contribution in [0.4, 0.5) is 0 Å². The summed E-state index contributed by atoms with van der Waals surface area (Å²) >= 11 is 6.90. The van der Waals surface area contributed by atoms with Gasteiger partial charge >= 0.3 is 0 Å². The molecule has 0 atom stereocenters. The molecule has 0 fully saturated rings. The summed E-state index contributed by atoms with van der Waals surface area (Å²) in [5.74, 6) is 0. The molecule has 0 saturated heterocycles. The van der Waals surface area contributed by atoms with Crippen LogP contribution in [-0.2, 0) is 13.6 Å². The zero-order valence-electron chi connectivity index (χ0n) is 15.8. The third kappa shape index (κ3) is 3.09. The van der Waals surface area contributed by atoms with Crippen molar-refractivity contribution in [1.29, 1.82) is 0 Å². The number of hydrogen-bond donors (Lipinski definition) is 0. The van der Waals surface area contributed by atoms with Gasteiger partial charge in [-0.05, 0) is 12.1 Å². The van der Waals surface area contributed by atoms with Crippen LogP contribution in [0.3, 0.4) is 0 Å². The van der Waals surface area contributed by atoms with Crippen LogP contribution in [0.1, 0.15) is 5.69 Å². The van der Waals surface area contributed by atoms with Crippen LogP contribution in [0.5, 0.6) is 0 Å². The molecule has 3 heterocycles. The molecule has 0 radical (unpaired) electrons. The van der Waals surface area contributed by atoms with Gasteiger partial charge in [-0.3, -0.25) is 0 Å². The Morgan fingerprint density at radius 2 is 1.45 bits per heavy atom. The highest BCUT2D eigenvalue weighted by molar-refractivity contribution is 6.38. The Morgan fingerprint density at radius 3 is 2.07 bits per heavy atom. The molecular formula is C23H18ClN5. The lowest BCUT2D eigenvalue weighted by atomic mass is 10.1. The van der Waals surface area contributed by atoms with Gasteiger partial charge in [-0.1, -0.05) is 72.3 Å². The number of fused-ring (bicyclic) bond motifs is 1. The Bertz CT molecular complexity index is 1290. The average Bonchev–Trinajstić information content (AvgIpc) is 3.34. The van der Waals surface area contributed by atoms with Crippen molar-refractivity contribution in [3.05, 3.63) is 89.7 Å². The minimum atomic E-state index is 0.568. The first-order valence-corrected chi connectivity index (χ1v) is 9.74. The number of rotatable bonds is 4. The van der Waals surface area contributed by atoms with Gasteiger partial charge in [-0.2, -0.15) is 5.10 Å². The smallest absolute Gasteiger partial charge is 0.182 e. The quantitative estimate of drug-likeness (QED) is 0.417. The van der Waals surface area contributed by atoms with Gasteiger partial charge in [-0.25, -0.2) is 4.68 Å². The van der Waals surface area contributed by atoms with E-state index in [0.717, 1.165) is 27.9 Å². The van der Waals surface area contributed by atoms with E-state index < -0.39 is 0 Å². The van der Waals surface area contributed by atoms with Gasteiger partial charge in [0.1, 0.15) is 11.4 Å². The normalized spacial score (nSPS) is 11.2. The van der Waals surface area contributed by atoms with Crippen molar-refractivity contribution in [2.24, 2.45) is 7.05 Å².